The van der Waals surface area contributed by atoms with E-state index in [1.165, 1.54) is 0 Å². The number of benzene rings is 2. The Bertz CT molecular complexity index is 600. The third-order valence-corrected chi connectivity index (χ3v) is 3.78. The fourth-order valence-electron chi connectivity index (χ4n) is 2.10. The average Bonchev–Trinajstić information content (AvgIpc) is 2.54. The Morgan fingerprint density at radius 2 is 0.846 bits per heavy atom. The molecule has 0 aliphatic carbocycles. The molecule has 0 bridgehead atoms. The molecule has 0 aliphatic heterocycles. The fourth-order valence-corrected chi connectivity index (χ4v) is 2.10. The summed E-state index contributed by atoms with van der Waals surface area (Å²) in [6.07, 6.45) is 3.65. The molecule has 4 N–H and O–H groups in total. The topological polar surface area (TPSA) is 52.0 Å². The van der Waals surface area contributed by atoms with Crippen LogP contribution in [0.15, 0.2) is 61.7 Å². The van der Waals surface area contributed by atoms with Gasteiger partial charge in [0, 0.05) is 11.1 Å². The van der Waals surface area contributed by atoms with Crippen molar-refractivity contribution in [2.45, 2.75) is 38.8 Å². The largest absolute Gasteiger partial charge is 0.322 e. The highest BCUT2D eigenvalue weighted by atomic mass is 35.5. The van der Waals surface area contributed by atoms with Gasteiger partial charge in [0.15, 0.2) is 0 Å². The number of halogens is 2. The van der Waals surface area contributed by atoms with Crippen molar-refractivity contribution in [2.75, 3.05) is 0 Å². The van der Waals surface area contributed by atoms with Gasteiger partial charge in [0.05, 0.1) is 0 Å². The molecule has 0 amide bonds. The van der Waals surface area contributed by atoms with Crippen LogP contribution in [0, 0.1) is 0 Å². The van der Waals surface area contributed by atoms with Crippen LogP contribution in [-0.4, -0.2) is 0 Å². The Morgan fingerprint density at radius 3 is 1.00 bits per heavy atom. The second kappa shape index (κ2) is 11.2. The van der Waals surface area contributed by atoms with Crippen LogP contribution in [0.3, 0.4) is 0 Å². The fraction of sp³-hybridized carbons (Fsp3) is 0.273. The monoisotopic (exact) mass is 394 g/mol. The minimum absolute atomic E-state index is 0. The highest BCUT2D eigenvalue weighted by Gasteiger charge is 2.13. The number of hydrogen-bond acceptors (Lipinski definition) is 2. The van der Waals surface area contributed by atoms with E-state index in [9.17, 15) is 0 Å². The van der Waals surface area contributed by atoms with Gasteiger partial charge >= 0.3 is 0 Å². The van der Waals surface area contributed by atoms with Gasteiger partial charge in [-0.2, -0.15) is 0 Å². The Morgan fingerprint density at radius 1 is 0.615 bits per heavy atom. The summed E-state index contributed by atoms with van der Waals surface area (Å²) in [5.41, 5.74) is 15.9. The van der Waals surface area contributed by atoms with Crippen molar-refractivity contribution in [3.63, 3.8) is 0 Å². The summed E-state index contributed by atoms with van der Waals surface area (Å²) in [4.78, 5) is 0. The summed E-state index contributed by atoms with van der Waals surface area (Å²) in [5, 5.41) is 0. The standard InChI is InChI=1S/2C11H15N.2ClH/c2*1-4-9-5-7-10(8-6-9)11(2,3)12;;/h2*4-8H,1,12H2,2-3H3;2*1H. The predicted octanol–water partition coefficient (Wildman–Crippen LogP) is 5.89. The van der Waals surface area contributed by atoms with Gasteiger partial charge in [-0.1, -0.05) is 73.8 Å². The van der Waals surface area contributed by atoms with Crippen LogP contribution in [0.1, 0.15) is 49.9 Å². The summed E-state index contributed by atoms with van der Waals surface area (Å²) in [7, 11) is 0. The molecule has 0 fully saturated rings. The quantitative estimate of drug-likeness (QED) is 0.678. The zero-order chi connectivity index (χ0) is 18.4. The van der Waals surface area contributed by atoms with Crippen LogP contribution >= 0.6 is 24.8 Å². The van der Waals surface area contributed by atoms with Gasteiger partial charge < -0.3 is 11.5 Å². The summed E-state index contributed by atoms with van der Waals surface area (Å²) < 4.78 is 0. The lowest BCUT2D eigenvalue weighted by Gasteiger charge is -2.18. The molecule has 2 rings (SSSR count). The van der Waals surface area contributed by atoms with E-state index in [-0.39, 0.29) is 35.9 Å². The number of nitrogens with two attached hydrogens (primary N) is 2. The molecule has 0 aromatic heterocycles. The van der Waals surface area contributed by atoms with E-state index in [4.69, 9.17) is 11.5 Å². The van der Waals surface area contributed by atoms with Crippen LogP contribution in [0.25, 0.3) is 12.2 Å². The first-order valence-corrected chi connectivity index (χ1v) is 8.11. The maximum atomic E-state index is 5.92. The van der Waals surface area contributed by atoms with E-state index in [2.05, 4.69) is 13.2 Å². The first-order chi connectivity index (χ1) is 11.1. The van der Waals surface area contributed by atoms with Crippen molar-refractivity contribution in [1.82, 2.24) is 0 Å². The molecular formula is C22H32Cl2N2. The molecule has 144 valence electrons. The lowest BCUT2D eigenvalue weighted by atomic mass is 9.95. The van der Waals surface area contributed by atoms with Gasteiger partial charge in [0.2, 0.25) is 0 Å². The van der Waals surface area contributed by atoms with Crippen molar-refractivity contribution in [1.29, 1.82) is 0 Å². The molecule has 0 spiro atoms. The van der Waals surface area contributed by atoms with Gasteiger partial charge in [-0.15, -0.1) is 24.8 Å². The molecule has 2 aromatic rings. The number of rotatable bonds is 4. The molecule has 0 unspecified atom stereocenters. The van der Waals surface area contributed by atoms with Crippen LogP contribution < -0.4 is 11.5 Å². The van der Waals surface area contributed by atoms with Crippen molar-refractivity contribution >= 4 is 37.0 Å². The first-order valence-electron chi connectivity index (χ1n) is 8.11. The van der Waals surface area contributed by atoms with E-state index in [0.717, 1.165) is 22.3 Å². The third-order valence-electron chi connectivity index (χ3n) is 3.78. The minimum Gasteiger partial charge on any atom is -0.322 e. The van der Waals surface area contributed by atoms with E-state index >= 15 is 0 Å². The lowest BCUT2D eigenvalue weighted by molar-refractivity contribution is 0.554. The molecule has 26 heavy (non-hydrogen) atoms. The highest BCUT2D eigenvalue weighted by Crippen LogP contribution is 2.18. The normalized spacial score (nSPS) is 10.4. The van der Waals surface area contributed by atoms with Gasteiger partial charge in [0.1, 0.15) is 0 Å². The molecular weight excluding hydrogens is 363 g/mol. The minimum atomic E-state index is -0.250. The molecule has 4 heteroatoms. The molecule has 2 nitrogen and oxygen atoms in total. The lowest BCUT2D eigenvalue weighted by Crippen LogP contribution is -2.28. The SMILES string of the molecule is C=Cc1ccc(C(C)(C)N)cc1.C=Cc1ccc(C(C)(C)N)cc1.Cl.Cl. The van der Waals surface area contributed by atoms with Crippen molar-refractivity contribution in [2.24, 2.45) is 11.5 Å². The molecule has 2 aromatic carbocycles. The van der Waals surface area contributed by atoms with Crippen LogP contribution in [0.4, 0.5) is 0 Å². The van der Waals surface area contributed by atoms with Crippen molar-refractivity contribution in [3.8, 4) is 0 Å². The Balaban J connectivity index is 0. The molecule has 0 aliphatic rings. The van der Waals surface area contributed by atoms with Gasteiger partial charge in [-0.05, 0) is 49.9 Å². The van der Waals surface area contributed by atoms with E-state index in [0.29, 0.717) is 0 Å². The second-order valence-corrected chi connectivity index (χ2v) is 7.10. The number of hydrogen-bond donors (Lipinski definition) is 2. The van der Waals surface area contributed by atoms with E-state index in [1.807, 2.05) is 88.4 Å². The highest BCUT2D eigenvalue weighted by molar-refractivity contribution is 5.85. The molecule has 0 atom stereocenters. The first kappa shape index (κ1) is 26.6. The van der Waals surface area contributed by atoms with Gasteiger partial charge in [-0.25, -0.2) is 0 Å². The summed E-state index contributed by atoms with van der Waals surface area (Å²) >= 11 is 0. The van der Waals surface area contributed by atoms with Crippen molar-refractivity contribution < 1.29 is 0 Å². The van der Waals surface area contributed by atoms with Crippen LogP contribution in [0.2, 0.25) is 0 Å². The van der Waals surface area contributed by atoms with Gasteiger partial charge in [-0.3, -0.25) is 0 Å². The van der Waals surface area contributed by atoms with Crippen LogP contribution in [0.5, 0.6) is 0 Å². The molecule has 0 saturated heterocycles. The Kier molecular flexibility index (Phi) is 11.5. The smallest absolute Gasteiger partial charge is 0.0352 e. The zero-order valence-corrected chi connectivity index (χ0v) is 17.8. The Labute approximate surface area is 171 Å². The predicted molar refractivity (Wildman–Crippen MR) is 122 cm³/mol. The maximum Gasteiger partial charge on any atom is 0.0352 e. The average molecular weight is 395 g/mol. The maximum absolute atomic E-state index is 5.92. The van der Waals surface area contributed by atoms with Gasteiger partial charge in [0.25, 0.3) is 0 Å². The van der Waals surface area contributed by atoms with E-state index < -0.39 is 0 Å². The third kappa shape index (κ3) is 8.68. The zero-order valence-electron chi connectivity index (χ0n) is 16.2. The Hall–Kier alpha value is -1.58. The molecule has 0 heterocycles. The summed E-state index contributed by atoms with van der Waals surface area (Å²) in [5.74, 6) is 0. The van der Waals surface area contributed by atoms with Crippen molar-refractivity contribution in [3.05, 3.63) is 83.9 Å². The van der Waals surface area contributed by atoms with Crippen LogP contribution in [-0.2, 0) is 11.1 Å². The molecule has 0 radical (unpaired) electrons. The van der Waals surface area contributed by atoms with E-state index in [1.54, 1.807) is 0 Å². The second-order valence-electron chi connectivity index (χ2n) is 7.10. The molecule has 0 saturated carbocycles. The summed E-state index contributed by atoms with van der Waals surface area (Å²) in [6, 6.07) is 16.3. The summed E-state index contributed by atoms with van der Waals surface area (Å²) in [6.45, 7) is 15.4.